The van der Waals surface area contributed by atoms with E-state index >= 15 is 0 Å². The molecule has 6 nitrogen and oxygen atoms in total. The monoisotopic (exact) mass is 881 g/mol. The van der Waals surface area contributed by atoms with E-state index < -0.39 is 6.23 Å². The molecule has 3 fully saturated rings. The fraction of sp³-hybridized carbons (Fsp3) is 0.912. The third-order valence-electron chi connectivity index (χ3n) is 17.3. The van der Waals surface area contributed by atoms with Gasteiger partial charge in [-0.3, -0.25) is 10.1 Å². The summed E-state index contributed by atoms with van der Waals surface area (Å²) in [4.78, 5) is 15.4. The van der Waals surface area contributed by atoms with E-state index in [4.69, 9.17) is 4.74 Å². The molecule has 366 valence electrons. The average Bonchev–Trinajstić information content (AvgIpc) is 3.62. The summed E-state index contributed by atoms with van der Waals surface area (Å²) < 4.78 is 6.17. The molecule has 4 rings (SSSR count). The summed E-state index contributed by atoms with van der Waals surface area (Å²) >= 11 is 0. The molecule has 0 aromatic carbocycles. The first-order valence-electron chi connectivity index (χ1n) is 27.8. The quantitative estimate of drug-likeness (QED) is 0.0255. The molecule has 4 aliphatic rings. The molecule has 6 heteroatoms. The second kappa shape index (κ2) is 30.2. The van der Waals surface area contributed by atoms with Gasteiger partial charge in [0.1, 0.15) is 12.3 Å². The van der Waals surface area contributed by atoms with Crippen LogP contribution in [0, 0.1) is 46.3 Å². The van der Waals surface area contributed by atoms with Crippen LogP contribution in [0.4, 0.5) is 0 Å². The zero-order chi connectivity index (χ0) is 45.3. The topological polar surface area (TPSA) is 82.0 Å². The van der Waals surface area contributed by atoms with E-state index in [0.717, 1.165) is 113 Å². The third kappa shape index (κ3) is 18.4. The zero-order valence-corrected chi connectivity index (χ0v) is 42.5. The number of aliphatic hydroxyl groups is 2. The summed E-state index contributed by atoms with van der Waals surface area (Å²) in [6, 6.07) is 0. The Balaban J connectivity index is 1.01. The highest BCUT2D eigenvalue weighted by Crippen LogP contribution is 2.67. The Morgan fingerprint density at radius 1 is 0.778 bits per heavy atom. The van der Waals surface area contributed by atoms with Gasteiger partial charge in [-0.2, -0.15) is 0 Å². The van der Waals surface area contributed by atoms with Gasteiger partial charge in [-0.15, -0.1) is 0 Å². The predicted molar refractivity (Wildman–Crippen MR) is 268 cm³/mol. The minimum Gasteiger partial charge on any atom is -0.462 e. The normalized spacial score (nSPS) is 28.0. The number of unbranched alkanes of at least 4 members (excludes halogenated alkanes) is 14. The molecule has 0 amide bonds. The van der Waals surface area contributed by atoms with Crippen LogP contribution in [0.2, 0.25) is 0 Å². The van der Waals surface area contributed by atoms with E-state index in [1.807, 2.05) is 0 Å². The van der Waals surface area contributed by atoms with Crippen LogP contribution < -0.4 is 5.32 Å². The molecule has 3 N–H and O–H groups in total. The maximum absolute atomic E-state index is 13.0. The van der Waals surface area contributed by atoms with Crippen LogP contribution in [-0.4, -0.2) is 66.2 Å². The highest BCUT2D eigenvalue weighted by molar-refractivity contribution is 5.69. The van der Waals surface area contributed by atoms with Gasteiger partial charge in [0.2, 0.25) is 0 Å². The van der Waals surface area contributed by atoms with Crippen molar-refractivity contribution in [2.45, 2.75) is 253 Å². The predicted octanol–water partition coefficient (Wildman–Crippen LogP) is 14.5. The lowest BCUT2D eigenvalue weighted by molar-refractivity contribution is -0.151. The van der Waals surface area contributed by atoms with Crippen LogP contribution in [0.3, 0.4) is 0 Å². The van der Waals surface area contributed by atoms with E-state index in [1.165, 1.54) is 135 Å². The number of nitrogens with zero attached hydrogens (tertiary/aromatic N) is 1. The molecule has 9 atom stereocenters. The van der Waals surface area contributed by atoms with Gasteiger partial charge in [-0.25, -0.2) is 0 Å². The van der Waals surface area contributed by atoms with Crippen LogP contribution in [-0.2, 0) is 9.53 Å². The molecule has 0 aromatic heterocycles. The fourth-order valence-corrected chi connectivity index (χ4v) is 13.5. The van der Waals surface area contributed by atoms with E-state index in [0.29, 0.717) is 18.4 Å². The second-order valence-corrected chi connectivity index (χ2v) is 22.6. The number of ether oxygens (including phenoxy) is 1. The maximum Gasteiger partial charge on any atom is 0.306 e. The van der Waals surface area contributed by atoms with Crippen molar-refractivity contribution in [2.24, 2.45) is 46.3 Å². The Labute approximate surface area is 390 Å². The largest absolute Gasteiger partial charge is 0.462 e. The average molecular weight is 881 g/mol. The number of fused-ring (bicyclic) bond motifs is 5. The molecule has 9 unspecified atom stereocenters. The van der Waals surface area contributed by atoms with Crippen molar-refractivity contribution < 1.29 is 19.7 Å². The number of hydrogen-bond donors (Lipinski definition) is 3. The molecule has 4 aliphatic carbocycles. The molecule has 0 aromatic rings. The van der Waals surface area contributed by atoms with Crippen LogP contribution in [0.5, 0.6) is 0 Å². The second-order valence-electron chi connectivity index (χ2n) is 22.6. The lowest BCUT2D eigenvalue weighted by Gasteiger charge is -2.58. The zero-order valence-electron chi connectivity index (χ0n) is 42.5. The lowest BCUT2D eigenvalue weighted by Crippen LogP contribution is -2.51. The number of allylic oxidation sites excluding steroid dienone is 3. The van der Waals surface area contributed by atoms with E-state index in [-0.39, 0.29) is 24.1 Å². The molecule has 0 radical (unpaired) electrons. The van der Waals surface area contributed by atoms with Crippen molar-refractivity contribution in [3.05, 3.63) is 23.8 Å². The Bertz CT molecular complexity index is 1280. The lowest BCUT2D eigenvalue weighted by atomic mass is 9.47. The van der Waals surface area contributed by atoms with Crippen LogP contribution in [0.15, 0.2) is 23.8 Å². The third-order valence-corrected chi connectivity index (χ3v) is 17.3. The first kappa shape index (κ1) is 54.4. The number of esters is 1. The van der Waals surface area contributed by atoms with Crippen molar-refractivity contribution in [2.75, 3.05) is 32.8 Å². The summed E-state index contributed by atoms with van der Waals surface area (Å²) in [5.41, 5.74) is 2.42. The van der Waals surface area contributed by atoms with E-state index in [1.54, 1.807) is 5.57 Å². The molecule has 3 saturated carbocycles. The van der Waals surface area contributed by atoms with Gasteiger partial charge in [-0.1, -0.05) is 142 Å². The van der Waals surface area contributed by atoms with E-state index in [2.05, 4.69) is 70.0 Å². The van der Waals surface area contributed by atoms with Gasteiger partial charge in [0.05, 0.1) is 6.61 Å². The van der Waals surface area contributed by atoms with Crippen molar-refractivity contribution in [3.8, 4) is 0 Å². The summed E-state index contributed by atoms with van der Waals surface area (Å²) in [7, 11) is 0. The van der Waals surface area contributed by atoms with Crippen molar-refractivity contribution in [3.63, 3.8) is 0 Å². The van der Waals surface area contributed by atoms with Crippen LogP contribution in [0.1, 0.15) is 241 Å². The maximum atomic E-state index is 13.0. The molecule has 63 heavy (non-hydrogen) atoms. The minimum absolute atomic E-state index is 0.00928. The van der Waals surface area contributed by atoms with Gasteiger partial charge in [0.25, 0.3) is 0 Å². The van der Waals surface area contributed by atoms with Crippen molar-refractivity contribution in [1.29, 1.82) is 0 Å². The fourth-order valence-electron chi connectivity index (χ4n) is 13.5. The molecule has 0 saturated heterocycles. The Morgan fingerprint density at radius 2 is 1.46 bits per heavy atom. The SMILES string of the molecule is CCCCCCCC/C=C/CCCCCCCC(O)NCCCCN(CCO)CCCCCC(=O)OC1CCC2(C)C(=CCC3C2CCC2(C)C(C(C)CCCC(C)C)CCC32)C1. The van der Waals surface area contributed by atoms with Crippen LogP contribution >= 0.6 is 0 Å². The van der Waals surface area contributed by atoms with Crippen LogP contribution in [0.25, 0.3) is 0 Å². The molecule has 0 heterocycles. The van der Waals surface area contributed by atoms with E-state index in [9.17, 15) is 15.0 Å². The summed E-state index contributed by atoms with van der Waals surface area (Å²) in [6.45, 7) is 18.5. The number of carbonyl (C=O) groups is 1. The highest BCUT2D eigenvalue weighted by Gasteiger charge is 2.59. The molecule has 0 aliphatic heterocycles. The molecular weight excluding hydrogens is 777 g/mol. The van der Waals surface area contributed by atoms with Gasteiger partial charge in [0.15, 0.2) is 0 Å². The molecule has 0 spiro atoms. The van der Waals surface area contributed by atoms with Gasteiger partial charge >= 0.3 is 5.97 Å². The number of nitrogens with one attached hydrogen (secondary N) is 1. The number of hydrogen-bond acceptors (Lipinski definition) is 6. The van der Waals surface area contributed by atoms with Crippen molar-refractivity contribution >= 4 is 5.97 Å². The van der Waals surface area contributed by atoms with Gasteiger partial charge in [-0.05, 0) is 175 Å². The Kier molecular flexibility index (Phi) is 26.1. The summed E-state index contributed by atoms with van der Waals surface area (Å²) in [5.74, 6) is 5.09. The summed E-state index contributed by atoms with van der Waals surface area (Å²) in [5, 5.41) is 23.4. The number of rotatable bonds is 35. The number of aliphatic hydroxyl groups excluding tert-OH is 2. The first-order valence-corrected chi connectivity index (χ1v) is 27.8. The van der Waals surface area contributed by atoms with Crippen molar-refractivity contribution in [1.82, 2.24) is 10.2 Å². The highest BCUT2D eigenvalue weighted by atomic mass is 16.5. The Morgan fingerprint density at radius 3 is 2.17 bits per heavy atom. The van der Waals surface area contributed by atoms with Gasteiger partial charge < -0.3 is 19.8 Å². The standard InChI is InChI=1S/C57H104N2O4/c1-7-8-9-10-11-12-13-14-15-16-17-18-19-20-22-30-54(61)58-40-24-26-42-59(43-44-60)41-25-21-23-31-55(62)63-49-36-38-56(5)48(45-49)32-33-50-52-35-34-51(47(4)29-27-28-46(2)3)57(52,6)39-37-53(50)56/h14-15,32,46-47,49-54,58,60-61H,7-13,16-31,33-45H2,1-6H3/b15-14+. The first-order chi connectivity index (χ1) is 30.5. The smallest absolute Gasteiger partial charge is 0.306 e. The minimum atomic E-state index is -0.405. The molecule has 0 bridgehead atoms. The summed E-state index contributed by atoms with van der Waals surface area (Å²) in [6.07, 6.45) is 44.5. The Hall–Kier alpha value is -1.21. The van der Waals surface area contributed by atoms with Gasteiger partial charge in [0, 0.05) is 19.4 Å². The number of carbonyl (C=O) groups excluding carboxylic acids is 1. The molecular formula is C57H104N2O4.